The Labute approximate surface area is 106 Å². The van der Waals surface area contributed by atoms with Gasteiger partial charge in [-0.05, 0) is 26.2 Å². The van der Waals surface area contributed by atoms with Crippen LogP contribution in [0.25, 0.3) is 0 Å². The summed E-state index contributed by atoms with van der Waals surface area (Å²) in [5, 5.41) is 6.42. The van der Waals surface area contributed by atoms with Crippen molar-refractivity contribution in [2.75, 3.05) is 6.54 Å². The van der Waals surface area contributed by atoms with Gasteiger partial charge in [0.1, 0.15) is 0 Å². The fraction of sp³-hybridized carbons (Fsp3) is 0.929. The lowest BCUT2D eigenvalue weighted by molar-refractivity contribution is -0.121. The number of rotatable bonds is 7. The second-order valence-corrected chi connectivity index (χ2v) is 5.33. The van der Waals surface area contributed by atoms with E-state index in [9.17, 15) is 4.79 Å². The van der Waals surface area contributed by atoms with E-state index in [1.165, 1.54) is 32.1 Å². The van der Waals surface area contributed by atoms with Crippen LogP contribution >= 0.6 is 0 Å². The summed E-state index contributed by atoms with van der Waals surface area (Å²) in [6.07, 6.45) is 9.81. The lowest BCUT2D eigenvalue weighted by Crippen LogP contribution is -2.43. The molecule has 0 spiro atoms. The Hall–Kier alpha value is -0.570. The maximum absolute atomic E-state index is 11.7. The Kier molecular flexibility index (Phi) is 7.25. The summed E-state index contributed by atoms with van der Waals surface area (Å²) in [5.74, 6) is 0.167. The molecule has 1 atom stereocenters. The zero-order chi connectivity index (χ0) is 12.5. The van der Waals surface area contributed by atoms with E-state index < -0.39 is 0 Å². The Bertz CT molecular complexity index is 212. The van der Waals surface area contributed by atoms with Gasteiger partial charge in [0.25, 0.3) is 0 Å². The van der Waals surface area contributed by atoms with Gasteiger partial charge in [-0.3, -0.25) is 4.79 Å². The maximum atomic E-state index is 11.7. The quantitative estimate of drug-likeness (QED) is 0.718. The normalized spacial score (nSPS) is 18.9. The number of carbonyl (C=O) groups excluding carboxylic acids is 1. The smallest absolute Gasteiger partial charge is 0.234 e. The van der Waals surface area contributed by atoms with Crippen LogP contribution < -0.4 is 10.6 Å². The molecule has 0 heterocycles. The molecule has 3 nitrogen and oxygen atoms in total. The molecule has 17 heavy (non-hydrogen) atoms. The third-order valence-corrected chi connectivity index (χ3v) is 3.57. The molecule has 0 aliphatic heterocycles. The molecule has 1 unspecified atom stereocenters. The van der Waals surface area contributed by atoms with Crippen molar-refractivity contribution in [3.8, 4) is 0 Å². The van der Waals surface area contributed by atoms with E-state index in [0.29, 0.717) is 18.6 Å². The van der Waals surface area contributed by atoms with Crippen LogP contribution in [-0.2, 0) is 4.79 Å². The Balaban J connectivity index is 2.07. The first kappa shape index (κ1) is 14.5. The molecule has 0 bridgehead atoms. The summed E-state index contributed by atoms with van der Waals surface area (Å²) in [4.78, 5) is 11.7. The summed E-state index contributed by atoms with van der Waals surface area (Å²) in [6.45, 7) is 4.83. The van der Waals surface area contributed by atoms with Crippen molar-refractivity contribution in [1.29, 1.82) is 0 Å². The van der Waals surface area contributed by atoms with E-state index >= 15 is 0 Å². The first-order valence-electron chi connectivity index (χ1n) is 7.25. The molecule has 1 rings (SSSR count). The van der Waals surface area contributed by atoms with Crippen LogP contribution in [0.15, 0.2) is 0 Å². The van der Waals surface area contributed by atoms with Gasteiger partial charge in [-0.2, -0.15) is 0 Å². The Morgan fingerprint density at radius 2 is 2.00 bits per heavy atom. The highest BCUT2D eigenvalue weighted by atomic mass is 16.1. The van der Waals surface area contributed by atoms with Crippen molar-refractivity contribution in [1.82, 2.24) is 10.6 Å². The van der Waals surface area contributed by atoms with E-state index in [4.69, 9.17) is 0 Å². The van der Waals surface area contributed by atoms with Gasteiger partial charge in [0, 0.05) is 12.1 Å². The van der Waals surface area contributed by atoms with Crippen molar-refractivity contribution in [2.24, 2.45) is 0 Å². The van der Waals surface area contributed by atoms with Crippen LogP contribution in [0.2, 0.25) is 0 Å². The molecule has 1 fully saturated rings. The molecule has 0 aromatic rings. The van der Waals surface area contributed by atoms with E-state index in [2.05, 4.69) is 24.5 Å². The lowest BCUT2D eigenvalue weighted by Gasteiger charge is -2.23. The van der Waals surface area contributed by atoms with Gasteiger partial charge >= 0.3 is 0 Å². The minimum Gasteiger partial charge on any atom is -0.352 e. The van der Waals surface area contributed by atoms with Gasteiger partial charge in [0.05, 0.1) is 6.54 Å². The van der Waals surface area contributed by atoms with Crippen LogP contribution in [0.4, 0.5) is 0 Å². The molecule has 0 radical (unpaired) electrons. The number of hydrogen-bond acceptors (Lipinski definition) is 2. The monoisotopic (exact) mass is 240 g/mol. The van der Waals surface area contributed by atoms with Crippen molar-refractivity contribution in [3.05, 3.63) is 0 Å². The van der Waals surface area contributed by atoms with Crippen molar-refractivity contribution in [2.45, 2.75) is 77.3 Å². The molecule has 0 saturated heterocycles. The van der Waals surface area contributed by atoms with Crippen molar-refractivity contribution in [3.63, 3.8) is 0 Å². The second kappa shape index (κ2) is 8.51. The molecule has 1 saturated carbocycles. The van der Waals surface area contributed by atoms with Gasteiger partial charge in [0.15, 0.2) is 0 Å². The van der Waals surface area contributed by atoms with Gasteiger partial charge in [-0.15, -0.1) is 0 Å². The van der Waals surface area contributed by atoms with Gasteiger partial charge in [-0.25, -0.2) is 0 Å². The predicted molar refractivity (Wildman–Crippen MR) is 72.0 cm³/mol. The zero-order valence-corrected chi connectivity index (χ0v) is 11.4. The average molecular weight is 240 g/mol. The molecule has 3 heteroatoms. The fourth-order valence-electron chi connectivity index (χ4n) is 2.40. The van der Waals surface area contributed by atoms with Gasteiger partial charge in [0.2, 0.25) is 5.91 Å². The SMILES string of the molecule is CCCCC(C)NCC(=O)NC1CCCCC1. The van der Waals surface area contributed by atoms with Gasteiger partial charge < -0.3 is 10.6 Å². The molecule has 1 aliphatic carbocycles. The van der Waals surface area contributed by atoms with Crippen LogP contribution in [0, 0.1) is 0 Å². The molecule has 100 valence electrons. The molecule has 0 aromatic carbocycles. The Morgan fingerprint density at radius 1 is 1.29 bits per heavy atom. The summed E-state index contributed by atoms with van der Waals surface area (Å²) in [5.41, 5.74) is 0. The predicted octanol–water partition coefficient (Wildman–Crippen LogP) is 2.60. The zero-order valence-electron chi connectivity index (χ0n) is 11.4. The highest BCUT2D eigenvalue weighted by molar-refractivity contribution is 5.78. The summed E-state index contributed by atoms with van der Waals surface area (Å²) in [6, 6.07) is 0.885. The number of hydrogen-bond donors (Lipinski definition) is 2. The third kappa shape index (κ3) is 6.67. The lowest BCUT2D eigenvalue weighted by atomic mass is 9.95. The van der Waals surface area contributed by atoms with E-state index in [-0.39, 0.29) is 5.91 Å². The van der Waals surface area contributed by atoms with Crippen LogP contribution in [0.3, 0.4) is 0 Å². The standard InChI is InChI=1S/C14H28N2O/c1-3-4-8-12(2)15-11-14(17)16-13-9-6-5-7-10-13/h12-13,15H,3-11H2,1-2H3,(H,16,17). The van der Waals surface area contributed by atoms with Gasteiger partial charge in [-0.1, -0.05) is 39.0 Å². The van der Waals surface area contributed by atoms with Crippen LogP contribution in [0.5, 0.6) is 0 Å². The minimum atomic E-state index is 0.167. The molecule has 1 amide bonds. The van der Waals surface area contributed by atoms with Crippen molar-refractivity contribution >= 4 is 5.91 Å². The maximum Gasteiger partial charge on any atom is 0.234 e. The largest absolute Gasteiger partial charge is 0.352 e. The van der Waals surface area contributed by atoms with E-state index in [1.54, 1.807) is 0 Å². The third-order valence-electron chi connectivity index (χ3n) is 3.57. The molecule has 2 N–H and O–H groups in total. The number of unbranched alkanes of at least 4 members (excludes halogenated alkanes) is 1. The molecule has 0 aromatic heterocycles. The molecule has 1 aliphatic rings. The topological polar surface area (TPSA) is 41.1 Å². The second-order valence-electron chi connectivity index (χ2n) is 5.33. The fourth-order valence-corrected chi connectivity index (χ4v) is 2.40. The van der Waals surface area contributed by atoms with E-state index in [0.717, 1.165) is 19.3 Å². The first-order chi connectivity index (χ1) is 8.22. The highest BCUT2D eigenvalue weighted by Gasteiger charge is 2.15. The average Bonchev–Trinajstić information content (AvgIpc) is 2.35. The summed E-state index contributed by atoms with van der Waals surface area (Å²) in [7, 11) is 0. The Morgan fingerprint density at radius 3 is 2.65 bits per heavy atom. The van der Waals surface area contributed by atoms with Crippen molar-refractivity contribution < 1.29 is 4.79 Å². The minimum absolute atomic E-state index is 0.167. The summed E-state index contributed by atoms with van der Waals surface area (Å²) < 4.78 is 0. The number of amides is 1. The summed E-state index contributed by atoms with van der Waals surface area (Å²) >= 11 is 0. The molecular formula is C14H28N2O. The highest BCUT2D eigenvalue weighted by Crippen LogP contribution is 2.17. The van der Waals surface area contributed by atoms with Crippen LogP contribution in [0.1, 0.15) is 65.2 Å². The first-order valence-corrected chi connectivity index (χ1v) is 7.25. The van der Waals surface area contributed by atoms with Crippen LogP contribution in [-0.4, -0.2) is 24.5 Å². The molecular weight excluding hydrogens is 212 g/mol. The number of nitrogens with one attached hydrogen (secondary N) is 2. The van der Waals surface area contributed by atoms with E-state index in [1.807, 2.05) is 0 Å². The number of carbonyl (C=O) groups is 1.